The lowest BCUT2D eigenvalue weighted by Crippen LogP contribution is -2.10. The van der Waals surface area contributed by atoms with Gasteiger partial charge in [-0.25, -0.2) is 9.97 Å². The first-order valence-electron chi connectivity index (χ1n) is 12.9. The third-order valence-corrected chi connectivity index (χ3v) is 6.37. The van der Waals surface area contributed by atoms with Crippen LogP contribution in [-0.2, 0) is 0 Å². The number of aryl methyl sites for hydroxylation is 2. The smallest absolute Gasteiger partial charge is 0.181 e. The molecule has 0 saturated carbocycles. The molecular weight excluding hydrogens is 484 g/mol. The van der Waals surface area contributed by atoms with Gasteiger partial charge in [0.25, 0.3) is 0 Å². The number of hydrogen-bond donors (Lipinski definition) is 3. The first kappa shape index (κ1) is 25.9. The Hall–Kier alpha value is -4.72. The van der Waals surface area contributed by atoms with Crippen LogP contribution in [0.25, 0.3) is 39.2 Å². The van der Waals surface area contributed by atoms with Gasteiger partial charge in [-0.2, -0.15) is 5.10 Å². The molecule has 0 aliphatic heterocycles. The third-order valence-electron chi connectivity index (χ3n) is 6.37. The Morgan fingerprint density at radius 2 is 1.87 bits per heavy atom. The van der Waals surface area contributed by atoms with Crippen molar-refractivity contribution in [2.45, 2.75) is 41.0 Å². The second-order valence-corrected chi connectivity index (χ2v) is 11.1. The molecule has 3 N–H and O–H groups in total. The minimum absolute atomic E-state index is 0.151. The maximum absolute atomic E-state index is 4.63. The van der Waals surface area contributed by atoms with Gasteiger partial charge in [0, 0.05) is 52.1 Å². The predicted octanol–water partition coefficient (Wildman–Crippen LogP) is 7.27. The Morgan fingerprint density at radius 1 is 1.08 bits per heavy atom. The number of allylic oxidation sites excluding steroid dienone is 3. The summed E-state index contributed by atoms with van der Waals surface area (Å²) in [5.74, 6) is 0. The maximum atomic E-state index is 4.63. The minimum Gasteiger partial charge on any atom is -0.358 e. The number of anilines is 1. The van der Waals surface area contributed by atoms with Crippen LogP contribution in [0.4, 0.5) is 5.69 Å². The normalized spacial score (nSPS) is 12.2. The zero-order valence-electron chi connectivity index (χ0n) is 23.1. The van der Waals surface area contributed by atoms with E-state index in [0.717, 1.165) is 68.4 Å². The number of aromatic amines is 2. The molecule has 198 valence electrons. The highest BCUT2D eigenvalue weighted by molar-refractivity contribution is 5.93. The van der Waals surface area contributed by atoms with E-state index in [1.54, 1.807) is 6.08 Å². The standard InChI is InChI=1S/C31H34N8/c1-8-9-28(39-17-20(3)34-18-39)25-12-27(36-21(25)4)29-26-11-23(15-33-30(26)38-37-29)22-10-24(16-32-14-22)35-19(2)13-31(5,6)7/h8-12,14-18,35-36H,1-2,13H2,3-7H3,(H,33,37,38)/b28-9+. The topological polar surface area (TPSA) is 100 Å². The SMILES string of the molecule is C=C/C=C(\c1cc(-c2[nH]nc3ncc(-c4cncc(NC(=C)CC(C)(C)C)c4)cc23)[nH]c1C)n1cnc(C)c1. The van der Waals surface area contributed by atoms with Crippen molar-refractivity contribution >= 4 is 22.4 Å². The number of pyridine rings is 2. The molecule has 5 aromatic rings. The molecule has 0 unspecified atom stereocenters. The van der Waals surface area contributed by atoms with Gasteiger partial charge < -0.3 is 14.9 Å². The summed E-state index contributed by atoms with van der Waals surface area (Å²) in [6.45, 7) is 18.7. The van der Waals surface area contributed by atoms with Crippen LogP contribution in [0.2, 0.25) is 0 Å². The van der Waals surface area contributed by atoms with E-state index < -0.39 is 0 Å². The predicted molar refractivity (Wildman–Crippen MR) is 159 cm³/mol. The quantitative estimate of drug-likeness (QED) is 0.188. The molecular formula is C31H34N8. The summed E-state index contributed by atoms with van der Waals surface area (Å²) >= 11 is 0. The van der Waals surface area contributed by atoms with Crippen LogP contribution >= 0.6 is 0 Å². The van der Waals surface area contributed by atoms with Crippen LogP contribution < -0.4 is 5.32 Å². The van der Waals surface area contributed by atoms with E-state index in [1.165, 1.54) is 0 Å². The summed E-state index contributed by atoms with van der Waals surface area (Å²) in [5, 5.41) is 12.0. The molecule has 5 heterocycles. The first-order chi connectivity index (χ1) is 18.6. The molecule has 0 saturated heterocycles. The van der Waals surface area contributed by atoms with Gasteiger partial charge in [0.2, 0.25) is 0 Å². The Morgan fingerprint density at radius 3 is 2.59 bits per heavy atom. The lowest BCUT2D eigenvalue weighted by molar-refractivity contribution is 0.411. The summed E-state index contributed by atoms with van der Waals surface area (Å²) in [5.41, 5.74) is 10.4. The molecule has 0 spiro atoms. The molecule has 0 aliphatic carbocycles. The van der Waals surface area contributed by atoms with E-state index in [1.807, 2.05) is 48.7 Å². The lowest BCUT2D eigenvalue weighted by Gasteiger charge is -2.20. The highest BCUT2D eigenvalue weighted by Gasteiger charge is 2.17. The van der Waals surface area contributed by atoms with Crippen molar-refractivity contribution in [1.82, 2.24) is 34.7 Å². The summed E-state index contributed by atoms with van der Waals surface area (Å²) < 4.78 is 2.01. The molecule has 5 aromatic heterocycles. The van der Waals surface area contributed by atoms with Gasteiger partial charge in [-0.05, 0) is 50.0 Å². The largest absolute Gasteiger partial charge is 0.358 e. The average molecular weight is 519 g/mol. The van der Waals surface area contributed by atoms with E-state index >= 15 is 0 Å². The summed E-state index contributed by atoms with van der Waals surface area (Å²) in [7, 11) is 0. The molecule has 0 atom stereocenters. The highest BCUT2D eigenvalue weighted by Crippen LogP contribution is 2.33. The van der Waals surface area contributed by atoms with Crippen molar-refractivity contribution < 1.29 is 0 Å². The fraction of sp³-hybridized carbons (Fsp3) is 0.226. The van der Waals surface area contributed by atoms with Gasteiger partial charge in [0.05, 0.1) is 41.0 Å². The van der Waals surface area contributed by atoms with E-state index in [4.69, 9.17) is 0 Å². The van der Waals surface area contributed by atoms with E-state index in [9.17, 15) is 0 Å². The van der Waals surface area contributed by atoms with Crippen LogP contribution in [-0.4, -0.2) is 34.7 Å². The number of nitrogens with one attached hydrogen (secondary N) is 3. The number of fused-ring (bicyclic) bond motifs is 1. The molecule has 8 heteroatoms. The number of rotatable bonds is 8. The fourth-order valence-corrected chi connectivity index (χ4v) is 4.76. The second kappa shape index (κ2) is 10.2. The van der Waals surface area contributed by atoms with Crippen molar-refractivity contribution in [3.05, 3.63) is 97.3 Å². The summed E-state index contributed by atoms with van der Waals surface area (Å²) in [6, 6.07) is 6.29. The minimum atomic E-state index is 0.151. The number of nitrogens with zero attached hydrogens (tertiary/aromatic N) is 5. The molecule has 0 aliphatic rings. The second-order valence-electron chi connectivity index (χ2n) is 11.1. The van der Waals surface area contributed by atoms with Crippen LogP contribution in [0.5, 0.6) is 0 Å². The summed E-state index contributed by atoms with van der Waals surface area (Å²) in [6.07, 6.45) is 13.9. The average Bonchev–Trinajstić information content (AvgIpc) is 3.59. The molecule has 0 aromatic carbocycles. The van der Waals surface area contributed by atoms with Gasteiger partial charge in [0.15, 0.2) is 5.65 Å². The number of imidazole rings is 1. The maximum Gasteiger partial charge on any atom is 0.181 e. The number of aromatic nitrogens is 7. The molecule has 8 nitrogen and oxygen atoms in total. The fourth-order valence-electron chi connectivity index (χ4n) is 4.76. The van der Waals surface area contributed by atoms with Crippen molar-refractivity contribution in [1.29, 1.82) is 0 Å². The molecule has 39 heavy (non-hydrogen) atoms. The highest BCUT2D eigenvalue weighted by atomic mass is 15.2. The Labute approximate surface area is 228 Å². The van der Waals surface area contributed by atoms with Crippen LogP contribution in [0.1, 0.15) is 44.1 Å². The van der Waals surface area contributed by atoms with Crippen molar-refractivity contribution in [2.75, 3.05) is 5.32 Å². The van der Waals surface area contributed by atoms with Gasteiger partial charge >= 0.3 is 0 Å². The van der Waals surface area contributed by atoms with E-state index in [2.05, 4.69) is 94.5 Å². The Kier molecular flexibility index (Phi) is 6.78. The molecule has 5 rings (SSSR count). The molecule has 0 radical (unpaired) electrons. The molecule has 0 bridgehead atoms. The van der Waals surface area contributed by atoms with Gasteiger partial charge in [-0.3, -0.25) is 10.1 Å². The number of H-pyrrole nitrogens is 2. The Balaban J connectivity index is 1.49. The van der Waals surface area contributed by atoms with Crippen molar-refractivity contribution in [2.24, 2.45) is 5.41 Å². The van der Waals surface area contributed by atoms with Crippen LogP contribution in [0.3, 0.4) is 0 Å². The zero-order chi connectivity index (χ0) is 27.7. The lowest BCUT2D eigenvalue weighted by atomic mass is 9.91. The van der Waals surface area contributed by atoms with Gasteiger partial charge in [0.1, 0.15) is 0 Å². The monoisotopic (exact) mass is 518 g/mol. The van der Waals surface area contributed by atoms with Crippen molar-refractivity contribution in [3.63, 3.8) is 0 Å². The zero-order valence-corrected chi connectivity index (χ0v) is 23.1. The van der Waals surface area contributed by atoms with E-state index in [0.29, 0.717) is 5.65 Å². The van der Waals surface area contributed by atoms with Gasteiger partial charge in [-0.15, -0.1) is 0 Å². The third kappa shape index (κ3) is 5.60. The van der Waals surface area contributed by atoms with Gasteiger partial charge in [-0.1, -0.05) is 40.0 Å². The first-order valence-corrected chi connectivity index (χ1v) is 12.9. The van der Waals surface area contributed by atoms with Crippen LogP contribution in [0.15, 0.2) is 80.3 Å². The summed E-state index contributed by atoms with van der Waals surface area (Å²) in [4.78, 5) is 17.0. The Bertz CT molecular complexity index is 1700. The molecule has 0 amide bonds. The van der Waals surface area contributed by atoms with Crippen LogP contribution in [0, 0.1) is 19.3 Å². The van der Waals surface area contributed by atoms with E-state index in [-0.39, 0.29) is 5.41 Å². The molecule has 0 fully saturated rings. The van der Waals surface area contributed by atoms with Crippen molar-refractivity contribution in [3.8, 4) is 22.5 Å². The number of hydrogen-bond acceptors (Lipinski definition) is 5.